The Morgan fingerprint density at radius 2 is 1.57 bits per heavy atom. The molecule has 0 aliphatic heterocycles. The number of anilines is 1. The van der Waals surface area contributed by atoms with Crippen molar-refractivity contribution < 1.29 is 22.6 Å². The zero-order valence-electron chi connectivity index (χ0n) is 11.3. The first-order valence-corrected chi connectivity index (χ1v) is 6.26. The third-order valence-electron chi connectivity index (χ3n) is 2.78. The quantitative estimate of drug-likeness (QED) is 0.653. The van der Waals surface area contributed by atoms with Crippen molar-refractivity contribution in [2.24, 2.45) is 0 Å². The van der Waals surface area contributed by atoms with E-state index in [9.17, 15) is 13.2 Å². The maximum Gasteiger partial charge on any atom is 0.196 e. The van der Waals surface area contributed by atoms with E-state index in [1.54, 1.807) is 31.4 Å². The Kier molecular flexibility index (Phi) is 4.92. The van der Waals surface area contributed by atoms with Crippen LogP contribution in [0.5, 0.6) is 11.5 Å². The van der Waals surface area contributed by atoms with E-state index < -0.39 is 17.5 Å². The van der Waals surface area contributed by atoms with Crippen LogP contribution < -0.4 is 14.8 Å². The predicted octanol–water partition coefficient (Wildman–Crippen LogP) is 3.60. The molecule has 0 radical (unpaired) electrons. The maximum atomic E-state index is 13.4. The minimum atomic E-state index is -1.49. The second kappa shape index (κ2) is 6.88. The Balaban J connectivity index is 1.83. The van der Waals surface area contributed by atoms with Gasteiger partial charge in [-0.3, -0.25) is 0 Å². The van der Waals surface area contributed by atoms with Crippen LogP contribution in [0.15, 0.2) is 36.4 Å². The topological polar surface area (TPSA) is 30.5 Å². The summed E-state index contributed by atoms with van der Waals surface area (Å²) in [5.74, 6) is -2.60. The average molecular weight is 297 g/mol. The number of nitrogens with one attached hydrogen (secondary N) is 1. The monoisotopic (exact) mass is 297 g/mol. The number of halogens is 3. The van der Waals surface area contributed by atoms with Crippen molar-refractivity contribution in [3.05, 3.63) is 53.8 Å². The van der Waals surface area contributed by atoms with Crippen LogP contribution in [-0.2, 0) is 0 Å². The lowest BCUT2D eigenvalue weighted by molar-refractivity contribution is 0.331. The van der Waals surface area contributed by atoms with Gasteiger partial charge in [-0.05, 0) is 36.4 Å². The summed E-state index contributed by atoms with van der Waals surface area (Å²) in [5.41, 5.74) is -0.104. The fraction of sp³-hybridized carbons (Fsp3) is 0.200. The van der Waals surface area contributed by atoms with Gasteiger partial charge < -0.3 is 14.8 Å². The van der Waals surface area contributed by atoms with Crippen molar-refractivity contribution in [2.45, 2.75) is 0 Å². The summed E-state index contributed by atoms with van der Waals surface area (Å²) in [6.07, 6.45) is 0. The van der Waals surface area contributed by atoms with Gasteiger partial charge >= 0.3 is 0 Å². The lowest BCUT2D eigenvalue weighted by atomic mass is 10.3. The van der Waals surface area contributed by atoms with Crippen molar-refractivity contribution in [1.82, 2.24) is 0 Å². The molecule has 0 saturated carbocycles. The van der Waals surface area contributed by atoms with Gasteiger partial charge in [0.05, 0.1) is 12.8 Å². The van der Waals surface area contributed by atoms with Crippen LogP contribution in [0.3, 0.4) is 0 Å². The highest BCUT2D eigenvalue weighted by molar-refractivity contribution is 5.45. The maximum absolute atomic E-state index is 13.4. The molecule has 0 heterocycles. The van der Waals surface area contributed by atoms with E-state index in [4.69, 9.17) is 9.47 Å². The number of benzene rings is 2. The first-order chi connectivity index (χ1) is 10.1. The number of hydrogen-bond acceptors (Lipinski definition) is 3. The Labute approximate surface area is 120 Å². The van der Waals surface area contributed by atoms with Crippen molar-refractivity contribution >= 4 is 5.69 Å². The van der Waals surface area contributed by atoms with Crippen LogP contribution in [0.4, 0.5) is 18.9 Å². The standard InChI is InChI=1S/C15H14F3NO2/c1-20-10-2-4-11(5-3-10)21-9-8-19-13-7-6-12(16)14(17)15(13)18/h2-7,19H,8-9H2,1H3. The summed E-state index contributed by atoms with van der Waals surface area (Å²) in [5, 5.41) is 2.64. The second-order valence-corrected chi connectivity index (χ2v) is 4.17. The molecule has 0 saturated heterocycles. The van der Waals surface area contributed by atoms with Crippen molar-refractivity contribution in [3.63, 3.8) is 0 Å². The predicted molar refractivity (Wildman–Crippen MR) is 73.3 cm³/mol. The molecular weight excluding hydrogens is 283 g/mol. The molecule has 2 aromatic rings. The fourth-order valence-electron chi connectivity index (χ4n) is 1.69. The van der Waals surface area contributed by atoms with Gasteiger partial charge in [0.1, 0.15) is 18.1 Å². The molecule has 0 unspecified atom stereocenters. The van der Waals surface area contributed by atoms with Crippen LogP contribution in [-0.4, -0.2) is 20.3 Å². The normalized spacial score (nSPS) is 10.3. The molecule has 1 N–H and O–H groups in total. The molecule has 0 spiro atoms. The van der Waals surface area contributed by atoms with Crippen molar-refractivity contribution in [3.8, 4) is 11.5 Å². The molecule has 112 valence electrons. The van der Waals surface area contributed by atoms with Gasteiger partial charge in [0.25, 0.3) is 0 Å². The Hall–Kier alpha value is -2.37. The largest absolute Gasteiger partial charge is 0.497 e. The van der Waals surface area contributed by atoms with E-state index in [-0.39, 0.29) is 18.8 Å². The minimum absolute atomic E-state index is 0.104. The third kappa shape index (κ3) is 3.81. The SMILES string of the molecule is COc1ccc(OCCNc2ccc(F)c(F)c2F)cc1. The molecule has 0 amide bonds. The summed E-state index contributed by atoms with van der Waals surface area (Å²) in [4.78, 5) is 0. The second-order valence-electron chi connectivity index (χ2n) is 4.17. The molecular formula is C15H14F3NO2. The molecule has 21 heavy (non-hydrogen) atoms. The highest BCUT2D eigenvalue weighted by Crippen LogP contribution is 2.20. The van der Waals surface area contributed by atoms with E-state index in [0.29, 0.717) is 11.5 Å². The molecule has 3 nitrogen and oxygen atoms in total. The van der Waals surface area contributed by atoms with E-state index in [1.807, 2.05) is 0 Å². The number of hydrogen-bond donors (Lipinski definition) is 1. The number of rotatable bonds is 6. The molecule has 0 aliphatic rings. The van der Waals surface area contributed by atoms with Crippen LogP contribution in [0.2, 0.25) is 0 Å². The lowest BCUT2D eigenvalue weighted by Gasteiger charge is -2.10. The fourth-order valence-corrected chi connectivity index (χ4v) is 1.69. The van der Waals surface area contributed by atoms with Gasteiger partial charge in [0.15, 0.2) is 17.5 Å². The van der Waals surface area contributed by atoms with Crippen LogP contribution in [0.1, 0.15) is 0 Å². The van der Waals surface area contributed by atoms with Gasteiger partial charge in [-0.1, -0.05) is 0 Å². The zero-order valence-corrected chi connectivity index (χ0v) is 11.3. The van der Waals surface area contributed by atoms with Crippen LogP contribution in [0.25, 0.3) is 0 Å². The zero-order chi connectivity index (χ0) is 15.2. The Bertz CT molecular complexity index is 603. The van der Waals surface area contributed by atoms with E-state index in [0.717, 1.165) is 12.1 Å². The Morgan fingerprint density at radius 3 is 2.24 bits per heavy atom. The van der Waals surface area contributed by atoms with Gasteiger partial charge in [0, 0.05) is 6.54 Å². The van der Waals surface area contributed by atoms with E-state index in [1.165, 1.54) is 0 Å². The molecule has 0 aliphatic carbocycles. The highest BCUT2D eigenvalue weighted by Gasteiger charge is 2.12. The van der Waals surface area contributed by atoms with Gasteiger partial charge in [0.2, 0.25) is 0 Å². The third-order valence-corrected chi connectivity index (χ3v) is 2.78. The van der Waals surface area contributed by atoms with Gasteiger partial charge in [-0.25, -0.2) is 13.2 Å². The number of ether oxygens (including phenoxy) is 2. The average Bonchev–Trinajstić information content (AvgIpc) is 2.51. The van der Waals surface area contributed by atoms with E-state index in [2.05, 4.69) is 5.32 Å². The molecule has 0 bridgehead atoms. The van der Waals surface area contributed by atoms with Gasteiger partial charge in [-0.15, -0.1) is 0 Å². The van der Waals surface area contributed by atoms with Crippen molar-refractivity contribution in [2.75, 3.05) is 25.6 Å². The minimum Gasteiger partial charge on any atom is -0.497 e. The van der Waals surface area contributed by atoms with Crippen molar-refractivity contribution in [1.29, 1.82) is 0 Å². The molecule has 2 aromatic carbocycles. The molecule has 0 aromatic heterocycles. The Morgan fingerprint density at radius 1 is 0.905 bits per heavy atom. The van der Waals surface area contributed by atoms with Crippen LogP contribution in [0, 0.1) is 17.5 Å². The summed E-state index contributed by atoms with van der Waals surface area (Å²) < 4.78 is 49.5. The summed E-state index contributed by atoms with van der Waals surface area (Å²) in [7, 11) is 1.57. The molecule has 2 rings (SSSR count). The smallest absolute Gasteiger partial charge is 0.196 e. The summed E-state index contributed by atoms with van der Waals surface area (Å²) >= 11 is 0. The van der Waals surface area contributed by atoms with Crippen LogP contribution >= 0.6 is 0 Å². The van der Waals surface area contributed by atoms with E-state index >= 15 is 0 Å². The highest BCUT2D eigenvalue weighted by atomic mass is 19.2. The molecule has 0 fully saturated rings. The molecule has 0 atom stereocenters. The first-order valence-electron chi connectivity index (χ1n) is 6.26. The summed E-state index contributed by atoms with van der Waals surface area (Å²) in [6.45, 7) is 0.485. The number of methoxy groups -OCH3 is 1. The summed E-state index contributed by atoms with van der Waals surface area (Å²) in [6, 6.07) is 8.97. The molecule has 6 heteroatoms. The van der Waals surface area contributed by atoms with Gasteiger partial charge in [-0.2, -0.15) is 0 Å². The lowest BCUT2D eigenvalue weighted by Crippen LogP contribution is -2.13. The first kappa shape index (κ1) is 15.0.